The van der Waals surface area contributed by atoms with Crippen molar-refractivity contribution in [3.05, 3.63) is 10.6 Å². The van der Waals surface area contributed by atoms with Crippen molar-refractivity contribution in [1.29, 1.82) is 0 Å². The molecule has 2 amide bonds. The number of hydrogen-bond acceptors (Lipinski definition) is 3. The number of rotatable bonds is 3. The molecule has 1 aliphatic rings. The zero-order chi connectivity index (χ0) is 10.7. The van der Waals surface area contributed by atoms with Crippen molar-refractivity contribution in [1.82, 2.24) is 10.3 Å². The summed E-state index contributed by atoms with van der Waals surface area (Å²) in [6, 6.07) is -0.149. The van der Waals surface area contributed by atoms with Gasteiger partial charge < -0.3 is 5.32 Å². The molecule has 1 aromatic rings. The van der Waals surface area contributed by atoms with Gasteiger partial charge in [-0.2, -0.15) is 0 Å². The van der Waals surface area contributed by atoms with Gasteiger partial charge in [-0.05, 0) is 25.7 Å². The van der Waals surface area contributed by atoms with E-state index in [1.807, 2.05) is 6.92 Å². The number of urea groups is 1. The summed E-state index contributed by atoms with van der Waals surface area (Å²) in [5.41, 5.74) is 1.17. The maximum Gasteiger partial charge on any atom is 0.321 e. The van der Waals surface area contributed by atoms with Crippen LogP contribution in [0.25, 0.3) is 0 Å². The average molecular weight is 225 g/mol. The molecule has 0 spiro atoms. The van der Waals surface area contributed by atoms with Crippen molar-refractivity contribution in [2.75, 3.05) is 11.9 Å². The van der Waals surface area contributed by atoms with Crippen LogP contribution in [0.1, 0.15) is 30.3 Å². The van der Waals surface area contributed by atoms with E-state index in [2.05, 4.69) is 15.6 Å². The number of nitrogens with zero attached hydrogens (tertiary/aromatic N) is 1. The lowest BCUT2D eigenvalue weighted by Gasteiger charge is -2.02. The second-order valence-corrected chi connectivity index (χ2v) is 4.71. The van der Waals surface area contributed by atoms with E-state index in [0.717, 1.165) is 24.4 Å². The highest BCUT2D eigenvalue weighted by Gasteiger charge is 2.17. The van der Waals surface area contributed by atoms with Gasteiger partial charge in [0.2, 0.25) is 0 Å². The number of carbonyl (C=O) groups excluding carboxylic acids is 1. The van der Waals surface area contributed by atoms with Gasteiger partial charge in [0.15, 0.2) is 5.13 Å². The fourth-order valence-electron chi connectivity index (χ4n) is 1.62. The molecule has 0 atom stereocenters. The zero-order valence-corrected chi connectivity index (χ0v) is 9.62. The Morgan fingerprint density at radius 2 is 2.40 bits per heavy atom. The van der Waals surface area contributed by atoms with Crippen LogP contribution in [0, 0.1) is 0 Å². The highest BCUT2D eigenvalue weighted by Crippen LogP contribution is 2.30. The van der Waals surface area contributed by atoms with Crippen LogP contribution in [-0.4, -0.2) is 17.6 Å². The third kappa shape index (κ3) is 2.47. The molecule has 0 bridgehead atoms. The van der Waals surface area contributed by atoms with Gasteiger partial charge in [-0.3, -0.25) is 5.32 Å². The molecular weight excluding hydrogens is 210 g/mol. The maximum absolute atomic E-state index is 11.3. The Bertz CT molecular complexity index is 340. The molecule has 15 heavy (non-hydrogen) atoms. The van der Waals surface area contributed by atoms with Crippen molar-refractivity contribution in [3.63, 3.8) is 0 Å². The van der Waals surface area contributed by atoms with Crippen LogP contribution in [0.4, 0.5) is 9.93 Å². The summed E-state index contributed by atoms with van der Waals surface area (Å²) in [5, 5.41) is 6.26. The summed E-state index contributed by atoms with van der Waals surface area (Å²) in [5.74, 6) is 0. The number of nitrogens with one attached hydrogen (secondary N) is 2. The molecule has 0 radical (unpaired) electrons. The number of carbonyl (C=O) groups is 1. The van der Waals surface area contributed by atoms with Gasteiger partial charge in [-0.1, -0.05) is 6.92 Å². The molecule has 0 saturated carbocycles. The fourth-order valence-corrected chi connectivity index (χ4v) is 2.67. The summed E-state index contributed by atoms with van der Waals surface area (Å²) in [6.45, 7) is 2.73. The van der Waals surface area contributed by atoms with Gasteiger partial charge in [0.25, 0.3) is 0 Å². The van der Waals surface area contributed by atoms with E-state index < -0.39 is 0 Å². The van der Waals surface area contributed by atoms with Crippen LogP contribution in [0.2, 0.25) is 0 Å². The molecule has 5 heteroatoms. The molecule has 2 N–H and O–H groups in total. The van der Waals surface area contributed by atoms with Gasteiger partial charge in [-0.25, -0.2) is 9.78 Å². The van der Waals surface area contributed by atoms with Gasteiger partial charge in [0.05, 0.1) is 5.69 Å². The highest BCUT2D eigenvalue weighted by atomic mass is 32.1. The number of aromatic nitrogens is 1. The van der Waals surface area contributed by atoms with Crippen LogP contribution in [0.15, 0.2) is 0 Å². The number of fused-ring (bicyclic) bond motifs is 1. The lowest BCUT2D eigenvalue weighted by atomic mass is 10.4. The topological polar surface area (TPSA) is 54.0 Å². The first kappa shape index (κ1) is 10.4. The van der Waals surface area contributed by atoms with Crippen LogP contribution in [-0.2, 0) is 12.8 Å². The number of hydrogen-bond donors (Lipinski definition) is 2. The van der Waals surface area contributed by atoms with Crippen molar-refractivity contribution in [2.24, 2.45) is 0 Å². The first-order valence-corrected chi connectivity index (χ1v) is 6.14. The predicted molar refractivity (Wildman–Crippen MR) is 61.5 cm³/mol. The number of thiazole rings is 1. The minimum absolute atomic E-state index is 0.149. The van der Waals surface area contributed by atoms with Gasteiger partial charge in [0.1, 0.15) is 0 Å². The molecular formula is C10H15N3OS. The molecule has 1 aromatic heterocycles. The maximum atomic E-state index is 11.3. The average Bonchev–Trinajstić information content (AvgIpc) is 2.74. The van der Waals surface area contributed by atoms with Crippen LogP contribution < -0.4 is 10.6 Å². The predicted octanol–water partition coefficient (Wildman–Crippen LogP) is 2.16. The first-order chi connectivity index (χ1) is 7.29. The first-order valence-electron chi connectivity index (χ1n) is 5.33. The Morgan fingerprint density at radius 1 is 1.53 bits per heavy atom. The molecule has 1 heterocycles. The van der Waals surface area contributed by atoms with E-state index >= 15 is 0 Å². The Morgan fingerprint density at radius 3 is 3.13 bits per heavy atom. The molecule has 0 aliphatic heterocycles. The summed E-state index contributed by atoms with van der Waals surface area (Å²) in [7, 11) is 0. The number of aryl methyl sites for hydroxylation is 2. The molecule has 1 aliphatic carbocycles. The van der Waals surface area contributed by atoms with Crippen LogP contribution in [0.3, 0.4) is 0 Å². The van der Waals surface area contributed by atoms with Crippen molar-refractivity contribution >= 4 is 22.5 Å². The highest BCUT2D eigenvalue weighted by molar-refractivity contribution is 7.15. The monoisotopic (exact) mass is 225 g/mol. The molecule has 0 fully saturated rings. The van der Waals surface area contributed by atoms with Crippen LogP contribution in [0.5, 0.6) is 0 Å². The van der Waals surface area contributed by atoms with Gasteiger partial charge in [0, 0.05) is 11.4 Å². The minimum atomic E-state index is -0.149. The van der Waals surface area contributed by atoms with Gasteiger partial charge in [-0.15, -0.1) is 11.3 Å². The Kier molecular flexibility index (Phi) is 3.20. The molecule has 4 nitrogen and oxygen atoms in total. The fraction of sp³-hybridized carbons (Fsp3) is 0.600. The number of amides is 2. The normalized spacial score (nSPS) is 13.7. The van der Waals surface area contributed by atoms with E-state index in [1.54, 1.807) is 11.3 Å². The second kappa shape index (κ2) is 4.61. The lowest BCUT2D eigenvalue weighted by molar-refractivity contribution is 0.252. The van der Waals surface area contributed by atoms with Crippen LogP contribution >= 0.6 is 11.3 Å². The summed E-state index contributed by atoms with van der Waals surface area (Å²) in [4.78, 5) is 17.1. The smallest absolute Gasteiger partial charge is 0.321 e. The third-order valence-electron chi connectivity index (χ3n) is 2.35. The van der Waals surface area contributed by atoms with E-state index in [1.165, 1.54) is 17.0 Å². The summed E-state index contributed by atoms with van der Waals surface area (Å²) >= 11 is 1.60. The largest absolute Gasteiger partial charge is 0.338 e. The summed E-state index contributed by atoms with van der Waals surface area (Å²) < 4.78 is 0. The SMILES string of the molecule is CCCNC(=O)Nc1nc2c(s1)CCC2. The Labute approximate surface area is 93.1 Å². The molecule has 82 valence electrons. The molecule has 0 saturated heterocycles. The minimum Gasteiger partial charge on any atom is -0.338 e. The van der Waals surface area contributed by atoms with Crippen molar-refractivity contribution < 1.29 is 4.79 Å². The second-order valence-electron chi connectivity index (χ2n) is 3.62. The Balaban J connectivity index is 1.90. The van der Waals surface area contributed by atoms with Gasteiger partial charge >= 0.3 is 6.03 Å². The molecule has 0 unspecified atom stereocenters. The quantitative estimate of drug-likeness (QED) is 0.828. The van der Waals surface area contributed by atoms with E-state index in [-0.39, 0.29) is 6.03 Å². The Hall–Kier alpha value is -1.10. The standard InChI is InChI=1S/C10H15N3OS/c1-2-6-11-9(14)13-10-12-7-4-3-5-8(7)15-10/h2-6H2,1H3,(H2,11,12,13,14). The zero-order valence-electron chi connectivity index (χ0n) is 8.80. The molecule has 2 rings (SSSR count). The molecule has 0 aromatic carbocycles. The van der Waals surface area contributed by atoms with Crippen molar-refractivity contribution in [3.8, 4) is 0 Å². The summed E-state index contributed by atoms with van der Waals surface area (Å²) in [6.07, 6.45) is 4.33. The van der Waals surface area contributed by atoms with E-state index in [4.69, 9.17) is 0 Å². The van der Waals surface area contributed by atoms with E-state index in [9.17, 15) is 4.79 Å². The van der Waals surface area contributed by atoms with Crippen molar-refractivity contribution in [2.45, 2.75) is 32.6 Å². The lowest BCUT2D eigenvalue weighted by Crippen LogP contribution is -2.29. The number of anilines is 1. The third-order valence-corrected chi connectivity index (χ3v) is 3.42. The van der Waals surface area contributed by atoms with E-state index in [0.29, 0.717) is 6.54 Å².